The fourth-order valence-corrected chi connectivity index (χ4v) is 3.10. The monoisotopic (exact) mass is 330 g/mol. The average Bonchev–Trinajstić information content (AvgIpc) is 3.10. The molecule has 24 heavy (non-hydrogen) atoms. The number of furan rings is 1. The van der Waals surface area contributed by atoms with Crippen molar-refractivity contribution in [3.05, 3.63) is 34.8 Å². The van der Waals surface area contributed by atoms with E-state index in [1.54, 1.807) is 19.1 Å². The van der Waals surface area contributed by atoms with Crippen LogP contribution in [0.1, 0.15) is 32.7 Å². The van der Waals surface area contributed by atoms with E-state index < -0.39 is 11.6 Å². The molecule has 128 valence electrons. The number of nitrogen functional groups attached to an aromatic ring is 1. The van der Waals surface area contributed by atoms with Crippen LogP contribution in [-0.4, -0.2) is 33.7 Å². The number of hydrogen-bond acceptors (Lipinski definition) is 5. The Balaban J connectivity index is 1.93. The van der Waals surface area contributed by atoms with Crippen LogP contribution in [0.5, 0.6) is 0 Å². The van der Waals surface area contributed by atoms with Crippen LogP contribution in [0.2, 0.25) is 0 Å². The lowest BCUT2D eigenvalue weighted by molar-refractivity contribution is -0.136. The van der Waals surface area contributed by atoms with Crippen molar-refractivity contribution in [2.24, 2.45) is 5.92 Å². The van der Waals surface area contributed by atoms with Gasteiger partial charge >= 0.3 is 0 Å². The summed E-state index contributed by atoms with van der Waals surface area (Å²) < 4.78 is 6.47. The Morgan fingerprint density at radius 2 is 2.29 bits per heavy atom. The third kappa shape index (κ3) is 3.06. The second-order valence-electron chi connectivity index (χ2n) is 6.42. The SMILES string of the molecule is C[C@H]1CCCN(C(=O)[C@H](C)n2nc(-c3ccco3)cc(N)c2=O)C1. The van der Waals surface area contributed by atoms with Gasteiger partial charge in [-0.3, -0.25) is 9.59 Å². The third-order valence-electron chi connectivity index (χ3n) is 4.43. The van der Waals surface area contributed by atoms with Crippen LogP contribution < -0.4 is 11.3 Å². The number of amides is 1. The zero-order valence-corrected chi connectivity index (χ0v) is 13.9. The molecule has 2 atom stereocenters. The highest BCUT2D eigenvalue weighted by atomic mass is 16.3. The Labute approximate surface area is 140 Å². The number of aromatic nitrogens is 2. The number of likely N-dealkylation sites (tertiary alicyclic amines) is 1. The zero-order valence-electron chi connectivity index (χ0n) is 13.9. The number of carbonyl (C=O) groups excluding carboxylic acids is 1. The fraction of sp³-hybridized carbons (Fsp3) is 0.471. The highest BCUT2D eigenvalue weighted by Crippen LogP contribution is 2.21. The van der Waals surface area contributed by atoms with Crippen molar-refractivity contribution in [1.82, 2.24) is 14.7 Å². The lowest BCUT2D eigenvalue weighted by Crippen LogP contribution is -2.44. The minimum Gasteiger partial charge on any atom is -0.463 e. The van der Waals surface area contributed by atoms with Gasteiger partial charge in [-0.05, 0) is 43.9 Å². The molecule has 0 aromatic carbocycles. The summed E-state index contributed by atoms with van der Waals surface area (Å²) in [4.78, 5) is 26.9. The number of hydrogen-bond donors (Lipinski definition) is 1. The molecular formula is C17H22N4O3. The van der Waals surface area contributed by atoms with Crippen LogP contribution in [-0.2, 0) is 4.79 Å². The first kappa shape index (κ1) is 16.3. The molecule has 3 heterocycles. The van der Waals surface area contributed by atoms with Crippen molar-refractivity contribution in [2.75, 3.05) is 18.8 Å². The summed E-state index contributed by atoms with van der Waals surface area (Å²) in [6, 6.07) is 4.22. The topological polar surface area (TPSA) is 94.4 Å². The number of rotatable bonds is 3. The first-order valence-corrected chi connectivity index (χ1v) is 8.19. The van der Waals surface area contributed by atoms with Gasteiger partial charge in [0.1, 0.15) is 17.4 Å². The maximum atomic E-state index is 12.8. The quantitative estimate of drug-likeness (QED) is 0.927. The average molecular weight is 330 g/mol. The summed E-state index contributed by atoms with van der Waals surface area (Å²) in [6.07, 6.45) is 3.63. The van der Waals surface area contributed by atoms with Crippen LogP contribution in [0, 0.1) is 5.92 Å². The van der Waals surface area contributed by atoms with Gasteiger partial charge in [0, 0.05) is 13.1 Å². The van der Waals surface area contributed by atoms with E-state index >= 15 is 0 Å². The molecule has 2 aromatic heterocycles. The predicted molar refractivity (Wildman–Crippen MR) is 90.3 cm³/mol. The lowest BCUT2D eigenvalue weighted by Gasteiger charge is -2.32. The second-order valence-corrected chi connectivity index (χ2v) is 6.42. The van der Waals surface area contributed by atoms with Gasteiger partial charge in [0.05, 0.1) is 6.26 Å². The smallest absolute Gasteiger partial charge is 0.290 e. The molecule has 7 heteroatoms. The highest BCUT2D eigenvalue weighted by Gasteiger charge is 2.28. The molecule has 2 N–H and O–H groups in total. The standard InChI is InChI=1S/C17H22N4O3/c1-11-5-3-7-20(10-11)16(22)12(2)21-17(23)13(18)9-14(19-21)15-6-4-8-24-15/h4,6,8-9,11-12H,3,5,7,10,18H2,1-2H3/t11-,12-/m0/s1. The van der Waals surface area contributed by atoms with Crippen molar-refractivity contribution in [3.8, 4) is 11.5 Å². The molecule has 1 saturated heterocycles. The van der Waals surface area contributed by atoms with Crippen molar-refractivity contribution in [3.63, 3.8) is 0 Å². The number of piperidine rings is 1. The molecule has 0 spiro atoms. The summed E-state index contributed by atoms with van der Waals surface area (Å²) in [5, 5.41) is 4.29. The Morgan fingerprint density at radius 1 is 1.50 bits per heavy atom. The normalized spacial score (nSPS) is 19.2. The van der Waals surface area contributed by atoms with Gasteiger partial charge in [0.2, 0.25) is 5.91 Å². The fourth-order valence-electron chi connectivity index (χ4n) is 3.10. The van der Waals surface area contributed by atoms with E-state index in [-0.39, 0.29) is 11.6 Å². The van der Waals surface area contributed by atoms with E-state index in [1.165, 1.54) is 12.3 Å². The van der Waals surface area contributed by atoms with Crippen LogP contribution in [0.3, 0.4) is 0 Å². The molecule has 0 unspecified atom stereocenters. The van der Waals surface area contributed by atoms with E-state index in [0.717, 1.165) is 24.1 Å². The van der Waals surface area contributed by atoms with Gasteiger partial charge in [-0.2, -0.15) is 5.10 Å². The molecule has 0 saturated carbocycles. The van der Waals surface area contributed by atoms with Gasteiger partial charge in [-0.15, -0.1) is 0 Å². The van der Waals surface area contributed by atoms with E-state index in [1.807, 2.05) is 4.90 Å². The van der Waals surface area contributed by atoms with Crippen LogP contribution in [0.15, 0.2) is 33.7 Å². The molecule has 0 bridgehead atoms. The van der Waals surface area contributed by atoms with Crippen molar-refractivity contribution >= 4 is 11.6 Å². The van der Waals surface area contributed by atoms with Gasteiger partial charge in [0.25, 0.3) is 5.56 Å². The van der Waals surface area contributed by atoms with Gasteiger partial charge in [-0.1, -0.05) is 6.92 Å². The Morgan fingerprint density at radius 3 is 2.96 bits per heavy atom. The van der Waals surface area contributed by atoms with E-state index in [4.69, 9.17) is 10.2 Å². The predicted octanol–water partition coefficient (Wildman–Crippen LogP) is 1.90. The van der Waals surface area contributed by atoms with Gasteiger partial charge < -0.3 is 15.1 Å². The van der Waals surface area contributed by atoms with Gasteiger partial charge in [0.15, 0.2) is 5.76 Å². The first-order chi connectivity index (χ1) is 11.5. The summed E-state index contributed by atoms with van der Waals surface area (Å²) in [5.74, 6) is 0.868. The molecule has 1 aliphatic heterocycles. The lowest BCUT2D eigenvalue weighted by atomic mass is 10.00. The van der Waals surface area contributed by atoms with Crippen LogP contribution in [0.4, 0.5) is 5.69 Å². The van der Waals surface area contributed by atoms with Gasteiger partial charge in [-0.25, -0.2) is 4.68 Å². The van der Waals surface area contributed by atoms with Crippen LogP contribution >= 0.6 is 0 Å². The zero-order chi connectivity index (χ0) is 17.3. The maximum absolute atomic E-state index is 12.8. The van der Waals surface area contributed by atoms with Crippen molar-refractivity contribution < 1.29 is 9.21 Å². The van der Waals surface area contributed by atoms with Crippen molar-refractivity contribution in [1.29, 1.82) is 0 Å². The van der Waals surface area contributed by atoms with E-state index in [0.29, 0.717) is 23.9 Å². The van der Waals surface area contributed by atoms with Crippen LogP contribution in [0.25, 0.3) is 11.5 Å². The number of nitrogens with two attached hydrogens (primary N) is 1. The second kappa shape index (κ2) is 6.51. The summed E-state index contributed by atoms with van der Waals surface area (Å²) in [5.41, 5.74) is 5.84. The largest absolute Gasteiger partial charge is 0.463 e. The summed E-state index contributed by atoms with van der Waals surface area (Å²) >= 11 is 0. The molecule has 2 aromatic rings. The number of nitrogens with zero attached hydrogens (tertiary/aromatic N) is 3. The Kier molecular flexibility index (Phi) is 4.42. The molecule has 7 nitrogen and oxygen atoms in total. The van der Waals surface area contributed by atoms with E-state index in [9.17, 15) is 9.59 Å². The minimum absolute atomic E-state index is 0.0445. The number of anilines is 1. The Bertz CT molecular complexity index is 782. The minimum atomic E-state index is -0.708. The maximum Gasteiger partial charge on any atom is 0.290 e. The number of carbonyl (C=O) groups is 1. The molecule has 0 aliphatic carbocycles. The Hall–Kier alpha value is -2.57. The highest BCUT2D eigenvalue weighted by molar-refractivity contribution is 5.80. The summed E-state index contributed by atoms with van der Waals surface area (Å²) in [6.45, 7) is 5.24. The molecule has 0 radical (unpaired) electrons. The van der Waals surface area contributed by atoms with E-state index in [2.05, 4.69) is 12.0 Å². The first-order valence-electron chi connectivity index (χ1n) is 8.19. The van der Waals surface area contributed by atoms with Crippen molar-refractivity contribution in [2.45, 2.75) is 32.7 Å². The molecular weight excluding hydrogens is 308 g/mol. The molecule has 1 amide bonds. The molecule has 3 rings (SSSR count). The third-order valence-corrected chi connectivity index (χ3v) is 4.43. The molecule has 1 fully saturated rings. The summed E-state index contributed by atoms with van der Waals surface area (Å²) in [7, 11) is 0. The molecule has 1 aliphatic rings.